The molecule has 7 nitrogen and oxygen atoms in total. The molecule has 0 bridgehead atoms. The first-order chi connectivity index (χ1) is 8.88. The maximum absolute atomic E-state index is 12.4. The van der Waals surface area contributed by atoms with Crippen LogP contribution in [-0.2, 0) is 9.59 Å². The molecule has 19 heavy (non-hydrogen) atoms. The van der Waals surface area contributed by atoms with E-state index < -0.39 is 12.0 Å². The molecule has 7 heteroatoms. The first kappa shape index (κ1) is 15.3. The summed E-state index contributed by atoms with van der Waals surface area (Å²) < 4.78 is 0. The van der Waals surface area contributed by atoms with Crippen LogP contribution in [0.25, 0.3) is 0 Å². The number of rotatable bonds is 4. The number of carbonyl (C=O) groups is 3. The summed E-state index contributed by atoms with van der Waals surface area (Å²) in [6, 6.07) is -1.14. The van der Waals surface area contributed by atoms with E-state index in [9.17, 15) is 14.4 Å². The number of carboxylic acid groups (broad SMARTS) is 1. The summed E-state index contributed by atoms with van der Waals surface area (Å²) in [5.74, 6) is -1.26. The van der Waals surface area contributed by atoms with Crippen molar-refractivity contribution in [2.24, 2.45) is 0 Å². The van der Waals surface area contributed by atoms with Gasteiger partial charge < -0.3 is 20.2 Å². The smallest absolute Gasteiger partial charge is 0.323 e. The predicted octanol–water partition coefficient (Wildman–Crippen LogP) is 0.112. The molecule has 2 atom stereocenters. The van der Waals surface area contributed by atoms with E-state index in [1.165, 1.54) is 9.80 Å². The van der Waals surface area contributed by atoms with E-state index in [0.717, 1.165) is 0 Å². The van der Waals surface area contributed by atoms with Gasteiger partial charge in [0.1, 0.15) is 12.6 Å². The topological polar surface area (TPSA) is 90.0 Å². The van der Waals surface area contributed by atoms with Crippen molar-refractivity contribution in [1.82, 2.24) is 15.1 Å². The zero-order chi connectivity index (χ0) is 14.6. The third kappa shape index (κ3) is 3.59. The summed E-state index contributed by atoms with van der Waals surface area (Å²) in [6.07, 6.45) is 0.660. The molecule has 0 saturated carbocycles. The van der Waals surface area contributed by atoms with Crippen LogP contribution in [0.5, 0.6) is 0 Å². The first-order valence-corrected chi connectivity index (χ1v) is 6.45. The minimum atomic E-state index is -1.05. The number of aliphatic carboxylic acids is 1. The van der Waals surface area contributed by atoms with Gasteiger partial charge in [-0.05, 0) is 20.3 Å². The fourth-order valence-electron chi connectivity index (χ4n) is 1.99. The normalized spacial score (nSPS) is 20.7. The third-order valence-corrected chi connectivity index (χ3v) is 3.42. The average molecular weight is 271 g/mol. The molecule has 0 aromatic carbocycles. The van der Waals surface area contributed by atoms with Gasteiger partial charge in [0.05, 0.1) is 0 Å². The third-order valence-electron chi connectivity index (χ3n) is 3.42. The zero-order valence-corrected chi connectivity index (χ0v) is 11.5. The number of urea groups is 1. The number of carboxylic acids is 1. The fourth-order valence-corrected chi connectivity index (χ4v) is 1.99. The second kappa shape index (κ2) is 6.40. The molecule has 3 amide bonds. The maximum Gasteiger partial charge on any atom is 0.323 e. The Balaban J connectivity index is 2.85. The van der Waals surface area contributed by atoms with Crippen LogP contribution in [0.4, 0.5) is 4.79 Å². The van der Waals surface area contributed by atoms with Gasteiger partial charge in [0.25, 0.3) is 0 Å². The van der Waals surface area contributed by atoms with Crippen molar-refractivity contribution >= 4 is 17.9 Å². The Morgan fingerprint density at radius 3 is 2.74 bits per heavy atom. The van der Waals surface area contributed by atoms with Gasteiger partial charge in [-0.2, -0.15) is 0 Å². The molecule has 0 spiro atoms. The van der Waals surface area contributed by atoms with Crippen molar-refractivity contribution in [3.05, 3.63) is 0 Å². The van der Waals surface area contributed by atoms with E-state index in [1.54, 1.807) is 13.8 Å². The van der Waals surface area contributed by atoms with Crippen molar-refractivity contribution in [2.45, 2.75) is 39.3 Å². The Morgan fingerprint density at radius 2 is 2.21 bits per heavy atom. The molecular weight excluding hydrogens is 250 g/mol. The van der Waals surface area contributed by atoms with E-state index in [1.807, 2.05) is 6.92 Å². The van der Waals surface area contributed by atoms with Crippen molar-refractivity contribution in [3.63, 3.8) is 0 Å². The number of nitrogens with zero attached hydrogens (tertiary/aromatic N) is 2. The van der Waals surface area contributed by atoms with E-state index >= 15 is 0 Å². The van der Waals surface area contributed by atoms with Crippen molar-refractivity contribution in [1.29, 1.82) is 0 Å². The van der Waals surface area contributed by atoms with E-state index in [0.29, 0.717) is 19.5 Å². The second-order valence-corrected chi connectivity index (χ2v) is 4.72. The molecule has 1 heterocycles. The summed E-state index contributed by atoms with van der Waals surface area (Å²) in [5.41, 5.74) is 0. The summed E-state index contributed by atoms with van der Waals surface area (Å²) in [7, 11) is 0. The van der Waals surface area contributed by atoms with Gasteiger partial charge in [-0.3, -0.25) is 9.59 Å². The van der Waals surface area contributed by atoms with Crippen LogP contribution in [0.2, 0.25) is 0 Å². The minimum absolute atomic E-state index is 0.180. The van der Waals surface area contributed by atoms with Gasteiger partial charge in [0.15, 0.2) is 0 Å². The number of carbonyl (C=O) groups excluding carboxylic acids is 2. The highest BCUT2D eigenvalue weighted by Crippen LogP contribution is 2.12. The van der Waals surface area contributed by atoms with Crippen LogP contribution in [-0.4, -0.2) is 64.5 Å². The van der Waals surface area contributed by atoms with Gasteiger partial charge in [0, 0.05) is 19.1 Å². The molecule has 1 fully saturated rings. The lowest BCUT2D eigenvalue weighted by Gasteiger charge is -2.38. The monoisotopic (exact) mass is 271 g/mol. The molecule has 1 saturated heterocycles. The molecule has 1 aliphatic rings. The quantitative estimate of drug-likeness (QED) is 0.759. The molecular formula is C12H21N3O4. The van der Waals surface area contributed by atoms with Crippen LogP contribution in [0.3, 0.4) is 0 Å². The van der Waals surface area contributed by atoms with Gasteiger partial charge >= 0.3 is 12.0 Å². The molecule has 0 aromatic rings. The van der Waals surface area contributed by atoms with E-state index in [-0.39, 0.29) is 24.5 Å². The van der Waals surface area contributed by atoms with Gasteiger partial charge in [-0.25, -0.2) is 4.79 Å². The number of amides is 3. The molecule has 2 unspecified atom stereocenters. The maximum atomic E-state index is 12.4. The first-order valence-electron chi connectivity index (χ1n) is 6.45. The Kier molecular flexibility index (Phi) is 5.14. The molecule has 108 valence electrons. The Labute approximate surface area is 112 Å². The molecule has 1 rings (SSSR count). The largest absolute Gasteiger partial charge is 0.480 e. The van der Waals surface area contributed by atoms with Crippen molar-refractivity contribution in [3.8, 4) is 0 Å². The van der Waals surface area contributed by atoms with Crippen molar-refractivity contribution < 1.29 is 19.5 Å². The van der Waals surface area contributed by atoms with Crippen LogP contribution in [0, 0.1) is 0 Å². The lowest BCUT2D eigenvalue weighted by Crippen LogP contribution is -2.60. The molecule has 0 radical (unpaired) electrons. The average Bonchev–Trinajstić information content (AvgIpc) is 2.37. The van der Waals surface area contributed by atoms with Gasteiger partial charge in [0.2, 0.25) is 5.91 Å². The lowest BCUT2D eigenvalue weighted by atomic mass is 10.2. The highest BCUT2D eigenvalue weighted by Gasteiger charge is 2.34. The molecule has 2 N–H and O–H groups in total. The number of hydrogen-bond acceptors (Lipinski definition) is 3. The number of hydrogen-bond donors (Lipinski definition) is 2. The van der Waals surface area contributed by atoms with Crippen LogP contribution in [0.15, 0.2) is 0 Å². The van der Waals surface area contributed by atoms with Gasteiger partial charge in [-0.1, -0.05) is 6.92 Å². The Morgan fingerprint density at radius 1 is 1.58 bits per heavy atom. The SMILES string of the molecule is CCC(C)N(CC(=O)O)C(=O)N1CCNC(=O)C1C. The number of nitrogens with one attached hydrogen (secondary N) is 1. The standard InChI is InChI=1S/C12H21N3O4/c1-4-8(2)15(7-10(16)17)12(19)14-6-5-13-11(18)9(14)3/h8-9H,4-7H2,1-3H3,(H,13,18)(H,16,17). The molecule has 1 aliphatic heterocycles. The predicted molar refractivity (Wildman–Crippen MR) is 68.7 cm³/mol. The summed E-state index contributed by atoms with van der Waals surface area (Å²) in [5, 5.41) is 11.6. The molecule has 0 aliphatic carbocycles. The Hall–Kier alpha value is -1.79. The molecule has 0 aromatic heterocycles. The van der Waals surface area contributed by atoms with Crippen LogP contribution in [0.1, 0.15) is 27.2 Å². The fraction of sp³-hybridized carbons (Fsp3) is 0.750. The zero-order valence-electron chi connectivity index (χ0n) is 11.5. The second-order valence-electron chi connectivity index (χ2n) is 4.72. The summed E-state index contributed by atoms with van der Waals surface area (Å²) >= 11 is 0. The minimum Gasteiger partial charge on any atom is -0.480 e. The number of piperazine rings is 1. The van der Waals surface area contributed by atoms with Crippen LogP contribution >= 0.6 is 0 Å². The van der Waals surface area contributed by atoms with Crippen molar-refractivity contribution in [2.75, 3.05) is 19.6 Å². The Bertz CT molecular complexity index is 372. The highest BCUT2D eigenvalue weighted by atomic mass is 16.4. The van der Waals surface area contributed by atoms with Crippen LogP contribution < -0.4 is 5.32 Å². The van der Waals surface area contributed by atoms with Gasteiger partial charge in [-0.15, -0.1) is 0 Å². The summed E-state index contributed by atoms with van der Waals surface area (Å²) in [6.45, 7) is 5.78. The van der Waals surface area contributed by atoms with E-state index in [2.05, 4.69) is 5.32 Å². The lowest BCUT2D eigenvalue weighted by molar-refractivity contribution is -0.138. The van der Waals surface area contributed by atoms with E-state index in [4.69, 9.17) is 5.11 Å². The summed E-state index contributed by atoms with van der Waals surface area (Å²) in [4.78, 5) is 37.6. The highest BCUT2D eigenvalue weighted by molar-refractivity contribution is 5.89.